The van der Waals surface area contributed by atoms with Crippen molar-refractivity contribution in [3.63, 3.8) is 0 Å². The Kier molecular flexibility index (Phi) is 7.55. The van der Waals surface area contributed by atoms with Gasteiger partial charge in [0.25, 0.3) is 5.91 Å². The van der Waals surface area contributed by atoms with Crippen LogP contribution >= 0.6 is 0 Å². The van der Waals surface area contributed by atoms with Gasteiger partial charge in [0, 0.05) is 36.7 Å². The number of methoxy groups -OCH3 is 2. The first kappa shape index (κ1) is 22.7. The summed E-state index contributed by atoms with van der Waals surface area (Å²) in [7, 11) is 3.23. The van der Waals surface area contributed by atoms with Gasteiger partial charge in [-0.25, -0.2) is 0 Å². The minimum atomic E-state index is -0.360. The molecule has 1 N–H and O–H groups in total. The van der Waals surface area contributed by atoms with Gasteiger partial charge in [0.1, 0.15) is 11.5 Å². The second-order valence-corrected chi connectivity index (χ2v) is 8.37. The van der Waals surface area contributed by atoms with Crippen LogP contribution in [-0.4, -0.2) is 50.6 Å². The van der Waals surface area contributed by atoms with Crippen LogP contribution in [0.25, 0.3) is 0 Å². The summed E-state index contributed by atoms with van der Waals surface area (Å²) in [5, 5.41) is 3.07. The van der Waals surface area contributed by atoms with E-state index in [2.05, 4.69) is 19.2 Å². The van der Waals surface area contributed by atoms with E-state index >= 15 is 0 Å². The van der Waals surface area contributed by atoms with Crippen LogP contribution in [0.15, 0.2) is 48.5 Å². The summed E-state index contributed by atoms with van der Waals surface area (Å²) in [4.78, 5) is 28.0. The second-order valence-electron chi connectivity index (χ2n) is 8.37. The molecule has 6 heteroatoms. The molecular weight excluding hydrogens is 392 g/mol. The van der Waals surface area contributed by atoms with Crippen molar-refractivity contribution in [2.24, 2.45) is 11.8 Å². The number of carbonyl (C=O) groups excluding carboxylic acids is 2. The van der Waals surface area contributed by atoms with E-state index in [0.29, 0.717) is 42.6 Å². The maximum absolute atomic E-state index is 13.1. The van der Waals surface area contributed by atoms with Crippen LogP contribution in [-0.2, 0) is 4.79 Å². The molecular formula is C25H32N2O4. The van der Waals surface area contributed by atoms with Crippen LogP contribution in [0.4, 0.5) is 0 Å². The molecule has 0 saturated carbocycles. The molecule has 1 fully saturated rings. The molecule has 166 valence electrons. The van der Waals surface area contributed by atoms with Gasteiger partial charge in [-0.3, -0.25) is 9.59 Å². The van der Waals surface area contributed by atoms with Gasteiger partial charge in [0.15, 0.2) is 0 Å². The zero-order chi connectivity index (χ0) is 22.4. The van der Waals surface area contributed by atoms with Gasteiger partial charge in [-0.15, -0.1) is 0 Å². The van der Waals surface area contributed by atoms with Crippen molar-refractivity contribution in [1.29, 1.82) is 0 Å². The number of ether oxygens (including phenoxy) is 2. The van der Waals surface area contributed by atoms with Gasteiger partial charge >= 0.3 is 0 Å². The average Bonchev–Trinajstić information content (AvgIpc) is 3.23. The predicted molar refractivity (Wildman–Crippen MR) is 121 cm³/mol. The summed E-state index contributed by atoms with van der Waals surface area (Å²) < 4.78 is 11.0. The van der Waals surface area contributed by atoms with Gasteiger partial charge in [-0.05, 0) is 42.7 Å². The third-order valence-corrected chi connectivity index (χ3v) is 5.82. The maximum atomic E-state index is 13.1. The van der Waals surface area contributed by atoms with Crippen molar-refractivity contribution in [3.8, 4) is 11.5 Å². The number of nitrogens with one attached hydrogen (secondary N) is 1. The quantitative estimate of drug-likeness (QED) is 0.701. The predicted octanol–water partition coefficient (Wildman–Crippen LogP) is 3.72. The largest absolute Gasteiger partial charge is 0.497 e. The molecule has 1 aliphatic heterocycles. The fraction of sp³-hybridized carbons (Fsp3) is 0.440. The molecule has 1 heterocycles. The number of amides is 2. The van der Waals surface area contributed by atoms with Crippen molar-refractivity contribution in [2.75, 3.05) is 33.9 Å². The number of carbonyl (C=O) groups is 2. The molecule has 0 aliphatic carbocycles. The lowest BCUT2D eigenvalue weighted by molar-refractivity contribution is -0.124. The molecule has 2 aromatic rings. The lowest BCUT2D eigenvalue weighted by atomic mass is 9.87. The van der Waals surface area contributed by atoms with Crippen molar-refractivity contribution in [1.82, 2.24) is 10.2 Å². The van der Waals surface area contributed by atoms with E-state index in [9.17, 15) is 9.59 Å². The van der Waals surface area contributed by atoms with E-state index in [4.69, 9.17) is 9.47 Å². The fourth-order valence-electron chi connectivity index (χ4n) is 4.06. The van der Waals surface area contributed by atoms with Crippen LogP contribution in [0.1, 0.15) is 42.1 Å². The van der Waals surface area contributed by atoms with E-state index in [1.807, 2.05) is 36.4 Å². The highest BCUT2D eigenvalue weighted by Gasteiger charge is 2.41. The number of likely N-dealkylation sites (tertiary alicyclic amines) is 1. The van der Waals surface area contributed by atoms with Crippen LogP contribution < -0.4 is 14.8 Å². The minimum Gasteiger partial charge on any atom is -0.497 e. The summed E-state index contributed by atoms with van der Waals surface area (Å²) in [5.41, 5.74) is 1.51. The van der Waals surface area contributed by atoms with E-state index in [-0.39, 0.29) is 23.7 Å². The van der Waals surface area contributed by atoms with Crippen molar-refractivity contribution in [3.05, 3.63) is 59.7 Å². The Labute approximate surface area is 184 Å². The molecule has 3 rings (SSSR count). The van der Waals surface area contributed by atoms with Crippen molar-refractivity contribution < 1.29 is 19.1 Å². The molecule has 1 saturated heterocycles. The first-order chi connectivity index (χ1) is 14.9. The molecule has 0 aromatic heterocycles. The molecule has 0 bridgehead atoms. The highest BCUT2D eigenvalue weighted by Crippen LogP contribution is 2.40. The summed E-state index contributed by atoms with van der Waals surface area (Å²) in [6, 6.07) is 14.8. The normalized spacial score (nSPS) is 18.2. The van der Waals surface area contributed by atoms with Gasteiger partial charge < -0.3 is 19.7 Å². The number of hydrogen-bond donors (Lipinski definition) is 1. The van der Waals surface area contributed by atoms with Crippen LogP contribution in [0, 0.1) is 11.8 Å². The topological polar surface area (TPSA) is 67.9 Å². The zero-order valence-electron chi connectivity index (χ0n) is 18.8. The lowest BCUT2D eigenvalue weighted by Gasteiger charge is -2.21. The molecule has 0 radical (unpaired) electrons. The first-order valence-electron chi connectivity index (χ1n) is 10.8. The van der Waals surface area contributed by atoms with Crippen LogP contribution in [0.3, 0.4) is 0 Å². The Morgan fingerprint density at radius 2 is 1.81 bits per heavy atom. The highest BCUT2D eigenvalue weighted by atomic mass is 16.5. The second kappa shape index (κ2) is 10.3. The summed E-state index contributed by atoms with van der Waals surface area (Å²) in [5.74, 6) is 1.26. The molecule has 6 nitrogen and oxygen atoms in total. The van der Waals surface area contributed by atoms with Gasteiger partial charge in [0.2, 0.25) is 5.91 Å². The highest BCUT2D eigenvalue weighted by molar-refractivity contribution is 5.95. The number of rotatable bonds is 8. The molecule has 2 amide bonds. The van der Waals surface area contributed by atoms with Gasteiger partial charge in [-0.2, -0.15) is 0 Å². The van der Waals surface area contributed by atoms with Crippen LogP contribution in [0.2, 0.25) is 0 Å². The number of hydrogen-bond acceptors (Lipinski definition) is 4. The summed E-state index contributed by atoms with van der Waals surface area (Å²) in [6.45, 7) is 5.70. The Balaban J connectivity index is 1.89. The maximum Gasteiger partial charge on any atom is 0.253 e. The fourth-order valence-corrected chi connectivity index (χ4v) is 4.06. The van der Waals surface area contributed by atoms with Crippen molar-refractivity contribution in [2.45, 2.75) is 26.2 Å². The minimum absolute atomic E-state index is 0.0288. The Bertz CT molecular complexity index is 898. The zero-order valence-corrected chi connectivity index (χ0v) is 18.8. The van der Waals surface area contributed by atoms with E-state index < -0.39 is 0 Å². The molecule has 31 heavy (non-hydrogen) atoms. The Hall–Kier alpha value is -3.02. The Morgan fingerprint density at radius 3 is 2.45 bits per heavy atom. The standard InChI is InChI=1S/C25H32N2O4/c1-17(2)12-13-26-24(28)22-16-27(25(29)18-8-6-5-7-9-18)15-21(22)20-14-19(30-3)10-11-23(20)31-4/h5-11,14,17,21-22H,12-13,15-16H2,1-4H3,(H,26,28)/t21-,22-/m1/s1. The van der Waals surface area contributed by atoms with Gasteiger partial charge in [-0.1, -0.05) is 32.0 Å². The molecule has 2 atom stereocenters. The van der Waals surface area contributed by atoms with Crippen molar-refractivity contribution >= 4 is 11.8 Å². The number of benzene rings is 2. The third kappa shape index (κ3) is 5.37. The third-order valence-electron chi connectivity index (χ3n) is 5.82. The monoisotopic (exact) mass is 424 g/mol. The average molecular weight is 425 g/mol. The van der Waals surface area contributed by atoms with Crippen LogP contribution in [0.5, 0.6) is 11.5 Å². The molecule has 0 unspecified atom stereocenters. The molecule has 2 aromatic carbocycles. The lowest BCUT2D eigenvalue weighted by Crippen LogP contribution is -2.36. The smallest absolute Gasteiger partial charge is 0.253 e. The van der Waals surface area contributed by atoms with E-state index in [1.165, 1.54) is 0 Å². The first-order valence-corrected chi connectivity index (χ1v) is 10.8. The van der Waals surface area contributed by atoms with E-state index in [0.717, 1.165) is 12.0 Å². The number of nitrogens with zero attached hydrogens (tertiary/aromatic N) is 1. The molecule has 0 spiro atoms. The molecule has 1 aliphatic rings. The Morgan fingerprint density at radius 1 is 1.06 bits per heavy atom. The van der Waals surface area contributed by atoms with Gasteiger partial charge in [0.05, 0.1) is 20.1 Å². The summed E-state index contributed by atoms with van der Waals surface area (Å²) >= 11 is 0. The SMILES string of the molecule is COc1ccc(OC)c([C@H]2CN(C(=O)c3ccccc3)C[C@H]2C(=O)NCCC(C)C)c1. The van der Waals surface area contributed by atoms with E-state index in [1.54, 1.807) is 31.3 Å². The summed E-state index contributed by atoms with van der Waals surface area (Å²) in [6.07, 6.45) is 0.915.